The van der Waals surface area contributed by atoms with Gasteiger partial charge in [0, 0.05) is 29.8 Å². The van der Waals surface area contributed by atoms with E-state index in [1.165, 1.54) is 6.20 Å². The van der Waals surface area contributed by atoms with Crippen LogP contribution in [-0.2, 0) is 4.79 Å². The number of H-pyrrole nitrogens is 1. The van der Waals surface area contributed by atoms with Gasteiger partial charge in [0.1, 0.15) is 5.82 Å². The van der Waals surface area contributed by atoms with Crippen molar-refractivity contribution in [1.82, 2.24) is 19.9 Å². The quantitative estimate of drug-likeness (QED) is 0.584. The van der Waals surface area contributed by atoms with Crippen molar-refractivity contribution in [2.75, 3.05) is 11.9 Å². The number of hydrogen-bond donors (Lipinski definition) is 3. The van der Waals surface area contributed by atoms with Crippen LogP contribution in [0.5, 0.6) is 6.01 Å². The topological polar surface area (TPSA) is 113 Å². The zero-order valence-corrected chi connectivity index (χ0v) is 15.8. The van der Waals surface area contributed by atoms with Crippen molar-refractivity contribution in [3.8, 4) is 17.4 Å². The number of carbonyl (C=O) groups excluding carboxylic acids is 1. The molecule has 158 valence electrons. The van der Waals surface area contributed by atoms with Crippen LogP contribution >= 0.6 is 0 Å². The highest BCUT2D eigenvalue weighted by molar-refractivity contribution is 5.95. The van der Waals surface area contributed by atoms with E-state index in [0.717, 1.165) is 5.39 Å². The first-order chi connectivity index (χ1) is 14.2. The zero-order chi connectivity index (χ0) is 21.5. The third-order valence-electron chi connectivity index (χ3n) is 5.00. The molecule has 0 saturated heterocycles. The van der Waals surface area contributed by atoms with Crippen molar-refractivity contribution in [3.05, 3.63) is 30.6 Å². The number of anilines is 1. The molecule has 0 aromatic carbocycles. The number of hydrogen-bond acceptors (Lipinski definition) is 6. The Morgan fingerprint density at radius 3 is 2.83 bits per heavy atom. The molecule has 0 atom stereocenters. The Hall–Kier alpha value is -3.21. The standard InChI is InChI=1S/C19H18F3N5O3/c1-2-30-17-23-4-3-12(26-17)14-5-10-9-24-15(6-13(10)25-14)27-16(28)11-7-18(29,8-11)19(20,21)22/h3-6,9,11,25,29H,2,7-8H2,1H3,(H,24,27,28)/t11-,18-. The molecule has 3 aromatic heterocycles. The number of halogens is 3. The van der Waals surface area contributed by atoms with Gasteiger partial charge in [0.15, 0.2) is 5.60 Å². The maximum atomic E-state index is 12.7. The van der Waals surface area contributed by atoms with E-state index in [0.29, 0.717) is 23.5 Å². The molecule has 3 N–H and O–H groups in total. The van der Waals surface area contributed by atoms with Gasteiger partial charge < -0.3 is 20.1 Å². The fourth-order valence-electron chi connectivity index (χ4n) is 3.32. The maximum absolute atomic E-state index is 12.7. The van der Waals surface area contributed by atoms with Crippen molar-refractivity contribution in [1.29, 1.82) is 0 Å². The van der Waals surface area contributed by atoms with Gasteiger partial charge in [0.05, 0.1) is 23.5 Å². The van der Waals surface area contributed by atoms with Crippen LogP contribution < -0.4 is 10.1 Å². The van der Waals surface area contributed by atoms with Crippen LogP contribution in [0.2, 0.25) is 0 Å². The number of aromatic nitrogens is 4. The van der Waals surface area contributed by atoms with Crippen molar-refractivity contribution >= 4 is 22.6 Å². The number of pyridine rings is 1. The number of alkyl halides is 3. The van der Waals surface area contributed by atoms with Crippen LogP contribution in [-0.4, -0.2) is 49.3 Å². The molecule has 1 saturated carbocycles. The summed E-state index contributed by atoms with van der Waals surface area (Å²) in [7, 11) is 0. The molecule has 11 heteroatoms. The number of ether oxygens (including phenoxy) is 1. The minimum atomic E-state index is -4.75. The Kier molecular flexibility index (Phi) is 4.85. The molecule has 30 heavy (non-hydrogen) atoms. The summed E-state index contributed by atoms with van der Waals surface area (Å²) in [6.07, 6.45) is -2.96. The molecule has 4 rings (SSSR count). The van der Waals surface area contributed by atoms with Gasteiger partial charge >= 0.3 is 12.2 Å². The van der Waals surface area contributed by atoms with E-state index in [1.807, 2.05) is 13.0 Å². The number of aliphatic hydroxyl groups is 1. The van der Waals surface area contributed by atoms with Crippen molar-refractivity contribution in [2.24, 2.45) is 5.92 Å². The van der Waals surface area contributed by atoms with Gasteiger partial charge in [-0.1, -0.05) is 0 Å². The Morgan fingerprint density at radius 2 is 2.13 bits per heavy atom. The molecule has 8 nitrogen and oxygen atoms in total. The van der Waals surface area contributed by atoms with E-state index in [9.17, 15) is 23.1 Å². The molecule has 0 radical (unpaired) electrons. The SMILES string of the molecule is CCOc1nccc(-c2cc3cnc(NC(=O)[C@H]4C[C@@](O)(C(F)(F)F)C4)cc3[nH]2)n1. The second-order valence-corrected chi connectivity index (χ2v) is 7.12. The van der Waals surface area contributed by atoms with Gasteiger partial charge in [-0.05, 0) is 31.9 Å². The first-order valence-electron chi connectivity index (χ1n) is 9.23. The normalized spacial score (nSPS) is 21.3. The van der Waals surface area contributed by atoms with Gasteiger partial charge in [-0.25, -0.2) is 9.97 Å². The van der Waals surface area contributed by atoms with Crippen molar-refractivity contribution in [2.45, 2.75) is 31.5 Å². The van der Waals surface area contributed by atoms with Crippen LogP contribution in [0.25, 0.3) is 22.3 Å². The predicted molar refractivity (Wildman–Crippen MR) is 101 cm³/mol. The summed E-state index contributed by atoms with van der Waals surface area (Å²) >= 11 is 0. The van der Waals surface area contributed by atoms with Gasteiger partial charge in [-0.15, -0.1) is 0 Å². The third-order valence-corrected chi connectivity index (χ3v) is 5.00. The van der Waals surface area contributed by atoms with Gasteiger partial charge in [0.2, 0.25) is 5.91 Å². The van der Waals surface area contributed by atoms with E-state index in [-0.39, 0.29) is 11.8 Å². The highest BCUT2D eigenvalue weighted by atomic mass is 19.4. The maximum Gasteiger partial charge on any atom is 0.417 e. The first-order valence-corrected chi connectivity index (χ1v) is 9.23. The van der Waals surface area contributed by atoms with Crippen LogP contribution in [0, 0.1) is 5.92 Å². The van der Waals surface area contributed by atoms with Crippen LogP contribution in [0.3, 0.4) is 0 Å². The summed E-state index contributed by atoms with van der Waals surface area (Å²) in [4.78, 5) is 27.8. The smallest absolute Gasteiger partial charge is 0.417 e. The monoisotopic (exact) mass is 421 g/mol. The average molecular weight is 421 g/mol. The zero-order valence-electron chi connectivity index (χ0n) is 15.8. The Balaban J connectivity index is 1.48. The lowest BCUT2D eigenvalue weighted by atomic mass is 9.70. The van der Waals surface area contributed by atoms with Crippen molar-refractivity contribution in [3.63, 3.8) is 0 Å². The van der Waals surface area contributed by atoms with E-state index in [4.69, 9.17) is 4.74 Å². The molecular formula is C19H18F3N5O3. The number of carbonyl (C=O) groups is 1. The lowest BCUT2D eigenvalue weighted by molar-refractivity contribution is -0.295. The average Bonchev–Trinajstić information content (AvgIpc) is 3.08. The highest BCUT2D eigenvalue weighted by Crippen LogP contribution is 2.48. The van der Waals surface area contributed by atoms with Crippen LogP contribution in [0.4, 0.5) is 19.0 Å². The number of amides is 1. The summed E-state index contributed by atoms with van der Waals surface area (Å²) in [6.45, 7) is 2.26. The lowest BCUT2D eigenvalue weighted by Gasteiger charge is -2.43. The molecular weight excluding hydrogens is 403 g/mol. The van der Waals surface area contributed by atoms with Crippen LogP contribution in [0.1, 0.15) is 19.8 Å². The van der Waals surface area contributed by atoms with Gasteiger partial charge in [0.25, 0.3) is 0 Å². The number of aromatic amines is 1. The summed E-state index contributed by atoms with van der Waals surface area (Å²) < 4.78 is 43.4. The van der Waals surface area contributed by atoms with Crippen LogP contribution in [0.15, 0.2) is 30.6 Å². The molecule has 1 fully saturated rings. The minimum Gasteiger partial charge on any atom is -0.464 e. The molecule has 0 spiro atoms. The fraction of sp³-hybridized carbons (Fsp3) is 0.368. The Bertz CT molecular complexity index is 1090. The van der Waals surface area contributed by atoms with Gasteiger partial charge in [-0.3, -0.25) is 4.79 Å². The minimum absolute atomic E-state index is 0.195. The second kappa shape index (κ2) is 7.24. The molecule has 0 bridgehead atoms. The molecule has 3 heterocycles. The third kappa shape index (κ3) is 3.67. The molecule has 1 aliphatic rings. The van der Waals surface area contributed by atoms with E-state index in [1.54, 1.807) is 18.3 Å². The van der Waals surface area contributed by atoms with Crippen molar-refractivity contribution < 1.29 is 27.8 Å². The molecule has 1 aliphatic carbocycles. The molecule has 0 aliphatic heterocycles. The number of nitrogens with one attached hydrogen (secondary N) is 2. The molecule has 0 unspecified atom stereocenters. The summed E-state index contributed by atoms with van der Waals surface area (Å²) in [5, 5.41) is 12.8. The molecule has 1 amide bonds. The summed E-state index contributed by atoms with van der Waals surface area (Å²) in [6, 6.07) is 5.36. The molecule has 3 aromatic rings. The summed E-state index contributed by atoms with van der Waals surface area (Å²) in [5.41, 5.74) is -0.838. The number of nitrogens with zero attached hydrogens (tertiary/aromatic N) is 3. The van der Waals surface area contributed by atoms with Gasteiger partial charge in [-0.2, -0.15) is 18.2 Å². The fourth-order valence-corrected chi connectivity index (χ4v) is 3.32. The highest BCUT2D eigenvalue weighted by Gasteiger charge is 2.62. The second-order valence-electron chi connectivity index (χ2n) is 7.12. The number of fused-ring (bicyclic) bond motifs is 1. The van der Waals surface area contributed by atoms with E-state index < -0.39 is 36.4 Å². The largest absolute Gasteiger partial charge is 0.464 e. The lowest BCUT2D eigenvalue weighted by Crippen LogP contribution is -2.57. The summed E-state index contributed by atoms with van der Waals surface area (Å²) in [5.74, 6) is -1.34. The van der Waals surface area contributed by atoms with E-state index >= 15 is 0 Å². The first kappa shape index (κ1) is 20.1. The Morgan fingerprint density at radius 1 is 1.37 bits per heavy atom. The number of rotatable bonds is 5. The Labute approximate surface area is 168 Å². The predicted octanol–water partition coefficient (Wildman–Crippen LogP) is 3.06. The van der Waals surface area contributed by atoms with E-state index in [2.05, 4.69) is 25.3 Å².